The van der Waals surface area contributed by atoms with E-state index in [-0.39, 0.29) is 48.2 Å². The van der Waals surface area contributed by atoms with Crippen LogP contribution in [0.5, 0.6) is 0 Å². The van der Waals surface area contributed by atoms with Gasteiger partial charge in [0.25, 0.3) is 0 Å². The number of rotatable bonds is 19. The molecule has 1 aliphatic heterocycles. The number of ether oxygens (including phenoxy) is 2. The molecule has 1 fully saturated rings. The summed E-state index contributed by atoms with van der Waals surface area (Å²) in [6.07, 6.45) is 3.60. The maximum Gasteiger partial charge on any atom is 0.246 e. The van der Waals surface area contributed by atoms with E-state index in [1.807, 2.05) is 73.3 Å². The van der Waals surface area contributed by atoms with Gasteiger partial charge >= 0.3 is 0 Å². The van der Waals surface area contributed by atoms with E-state index in [4.69, 9.17) is 15.2 Å². The van der Waals surface area contributed by atoms with Crippen molar-refractivity contribution in [2.75, 3.05) is 27.8 Å². The fourth-order valence-corrected chi connectivity index (χ4v) is 8.13. The second-order valence-electron chi connectivity index (χ2n) is 15.2. The monoisotopic (exact) mass is 742 g/mol. The van der Waals surface area contributed by atoms with Gasteiger partial charge in [-0.1, -0.05) is 71.4 Å². The minimum absolute atomic E-state index is 0.0462. The molecular formula is C39H62N6O6S. The molecule has 0 spiro atoms. The second-order valence-corrected chi connectivity index (χ2v) is 16.1. The molecule has 2 aromatic rings. The van der Waals surface area contributed by atoms with Crippen LogP contribution in [-0.2, 0) is 35.1 Å². The van der Waals surface area contributed by atoms with Gasteiger partial charge in [0.05, 0.1) is 48.2 Å². The Morgan fingerprint density at radius 1 is 1.08 bits per heavy atom. The Kier molecular flexibility index (Phi) is 16.4. The van der Waals surface area contributed by atoms with Crippen LogP contribution >= 0.6 is 11.3 Å². The van der Waals surface area contributed by atoms with Crippen LogP contribution in [0, 0.1) is 17.8 Å². The third kappa shape index (κ3) is 11.1. The first-order valence-corrected chi connectivity index (χ1v) is 19.4. The van der Waals surface area contributed by atoms with Gasteiger partial charge in [0.15, 0.2) is 0 Å². The van der Waals surface area contributed by atoms with Crippen molar-refractivity contribution < 1.29 is 28.7 Å². The smallest absolute Gasteiger partial charge is 0.246 e. The van der Waals surface area contributed by atoms with Gasteiger partial charge in [-0.25, -0.2) is 4.98 Å². The Balaban J connectivity index is 1.79. The number of nitrogens with two attached hydrogens (primary N) is 1. The van der Waals surface area contributed by atoms with Crippen molar-refractivity contribution in [3.8, 4) is 0 Å². The minimum atomic E-state index is -1.22. The molecule has 13 heteroatoms. The molecule has 0 bridgehead atoms. The molecule has 0 aliphatic carbocycles. The van der Waals surface area contributed by atoms with Crippen LogP contribution in [-0.4, -0.2) is 102 Å². The molecule has 1 aromatic heterocycles. The molecule has 2 unspecified atom stereocenters. The van der Waals surface area contributed by atoms with Gasteiger partial charge in [-0.05, 0) is 57.6 Å². The molecule has 1 saturated heterocycles. The summed E-state index contributed by atoms with van der Waals surface area (Å²) in [5.41, 5.74) is 5.84. The summed E-state index contributed by atoms with van der Waals surface area (Å²) in [4.78, 5) is 62.6. The molecule has 3 rings (SSSR count). The first kappa shape index (κ1) is 43.2. The Morgan fingerprint density at radius 2 is 1.75 bits per heavy atom. The first-order chi connectivity index (χ1) is 24.5. The summed E-state index contributed by atoms with van der Waals surface area (Å²) in [6.45, 7) is 13.5. The zero-order valence-electron chi connectivity index (χ0n) is 32.8. The number of carbonyl (C=O) groups is 4. The molecule has 8 atom stereocenters. The van der Waals surface area contributed by atoms with Crippen molar-refractivity contribution in [1.82, 2.24) is 25.4 Å². The maximum atomic E-state index is 14.2. The fourth-order valence-electron chi connectivity index (χ4n) is 7.44. The standard InChI is InChI=1S/C39H62N6O6S/c1-11-25(4)33(44(8)32(24(2)3)36(48)43-38(49)39(6,7)40)30(50-9)23-31(46)45-20-15-18-29(45)34(51-10)26(5)35(47)42-28(37-41-19-21-52-37)22-27-16-13-12-14-17-27/h12-14,16-17,19,21,24-26,28-30,32-34H,11,15,18,20,22-23,40H2,1-10H3,(H,42,47)(H,43,48,49)/t25-,26+,28+,29-,30+,32-,33?,34?/m0/s1. The van der Waals surface area contributed by atoms with Crippen LogP contribution in [0.2, 0.25) is 0 Å². The van der Waals surface area contributed by atoms with Gasteiger partial charge in [0.2, 0.25) is 23.6 Å². The number of thiazole rings is 1. The SMILES string of the molecule is CC[C@H](C)C([C@@H](CC(=O)N1CCC[C@H]1C(OC)[C@@H](C)C(=O)N[C@H](Cc1ccccc1)c1nccs1)OC)N(C)[C@H](C(=O)NC(=O)C(C)(C)N)C(C)C. The van der Waals surface area contributed by atoms with E-state index in [1.54, 1.807) is 34.3 Å². The van der Waals surface area contributed by atoms with Crippen LogP contribution in [0.1, 0.15) is 90.8 Å². The number of nitrogens with one attached hydrogen (secondary N) is 2. The van der Waals surface area contributed by atoms with Gasteiger partial charge < -0.3 is 25.4 Å². The topological polar surface area (TPSA) is 156 Å². The van der Waals surface area contributed by atoms with Crippen molar-refractivity contribution >= 4 is 35.0 Å². The fraction of sp³-hybridized carbons (Fsp3) is 0.667. The summed E-state index contributed by atoms with van der Waals surface area (Å²) in [5.74, 6) is -1.91. The van der Waals surface area contributed by atoms with Gasteiger partial charge in [0, 0.05) is 38.4 Å². The Bertz CT molecular complexity index is 1430. The number of hydrogen-bond acceptors (Lipinski definition) is 10. The lowest BCUT2D eigenvalue weighted by Gasteiger charge is -2.43. The predicted octanol–water partition coefficient (Wildman–Crippen LogP) is 4.34. The van der Waals surface area contributed by atoms with E-state index in [0.717, 1.165) is 23.4 Å². The lowest BCUT2D eigenvalue weighted by atomic mass is 9.87. The molecule has 4 N–H and O–H groups in total. The number of aromatic nitrogens is 1. The number of amides is 4. The number of likely N-dealkylation sites (N-methyl/N-ethyl adjacent to an activating group) is 1. The Morgan fingerprint density at radius 3 is 2.29 bits per heavy atom. The predicted molar refractivity (Wildman–Crippen MR) is 204 cm³/mol. The van der Waals surface area contributed by atoms with E-state index in [9.17, 15) is 19.2 Å². The third-order valence-corrected chi connectivity index (χ3v) is 11.3. The Hall–Kier alpha value is -3.23. The highest BCUT2D eigenvalue weighted by Gasteiger charge is 2.43. The van der Waals surface area contributed by atoms with Crippen LogP contribution < -0.4 is 16.4 Å². The van der Waals surface area contributed by atoms with Gasteiger partial charge in [-0.2, -0.15) is 0 Å². The van der Waals surface area contributed by atoms with Crippen molar-refractivity contribution in [3.63, 3.8) is 0 Å². The van der Waals surface area contributed by atoms with Crippen LogP contribution in [0.15, 0.2) is 41.9 Å². The van der Waals surface area contributed by atoms with Gasteiger partial charge in [-0.15, -0.1) is 11.3 Å². The van der Waals surface area contributed by atoms with Crippen molar-refractivity contribution in [1.29, 1.82) is 0 Å². The molecular weight excluding hydrogens is 681 g/mol. The molecule has 12 nitrogen and oxygen atoms in total. The summed E-state index contributed by atoms with van der Waals surface area (Å²) >= 11 is 1.50. The molecule has 52 heavy (non-hydrogen) atoms. The van der Waals surface area contributed by atoms with E-state index in [0.29, 0.717) is 19.4 Å². The zero-order valence-corrected chi connectivity index (χ0v) is 33.6. The quantitative estimate of drug-likeness (QED) is 0.191. The summed E-state index contributed by atoms with van der Waals surface area (Å²) in [7, 11) is 5.04. The number of nitrogens with zero attached hydrogens (tertiary/aromatic N) is 3. The highest BCUT2D eigenvalue weighted by Crippen LogP contribution is 2.31. The molecule has 1 aliphatic rings. The average Bonchev–Trinajstić information content (AvgIpc) is 3.81. The van der Waals surface area contributed by atoms with E-state index < -0.39 is 41.5 Å². The van der Waals surface area contributed by atoms with Crippen molar-refractivity contribution in [2.45, 2.75) is 122 Å². The number of methoxy groups -OCH3 is 2. The first-order valence-electron chi connectivity index (χ1n) is 18.5. The minimum Gasteiger partial charge on any atom is -0.379 e. The molecule has 290 valence electrons. The highest BCUT2D eigenvalue weighted by atomic mass is 32.1. The lowest BCUT2D eigenvalue weighted by Crippen LogP contribution is -2.60. The maximum absolute atomic E-state index is 14.2. The van der Waals surface area contributed by atoms with Crippen LogP contribution in [0.25, 0.3) is 0 Å². The average molecular weight is 743 g/mol. The third-order valence-electron chi connectivity index (χ3n) is 10.4. The summed E-state index contributed by atoms with van der Waals surface area (Å²) in [5, 5.41) is 8.46. The number of likely N-dealkylation sites (tertiary alicyclic amines) is 1. The number of hydrogen-bond donors (Lipinski definition) is 3. The van der Waals surface area contributed by atoms with E-state index in [2.05, 4.69) is 29.5 Å². The molecule has 2 heterocycles. The zero-order chi connectivity index (χ0) is 38.7. The number of imide groups is 1. The molecule has 0 saturated carbocycles. The van der Waals surface area contributed by atoms with Crippen molar-refractivity contribution in [3.05, 3.63) is 52.5 Å². The molecule has 1 aromatic carbocycles. The van der Waals surface area contributed by atoms with Gasteiger partial charge in [0.1, 0.15) is 5.01 Å². The largest absolute Gasteiger partial charge is 0.379 e. The summed E-state index contributed by atoms with van der Waals surface area (Å²) < 4.78 is 12.1. The lowest BCUT2D eigenvalue weighted by molar-refractivity contribution is -0.144. The van der Waals surface area contributed by atoms with Crippen molar-refractivity contribution in [2.24, 2.45) is 23.5 Å². The van der Waals surface area contributed by atoms with E-state index in [1.165, 1.54) is 11.3 Å². The molecule has 0 radical (unpaired) electrons. The van der Waals surface area contributed by atoms with Crippen LogP contribution in [0.3, 0.4) is 0 Å². The van der Waals surface area contributed by atoms with Gasteiger partial charge in [-0.3, -0.25) is 29.4 Å². The number of carbonyl (C=O) groups excluding carboxylic acids is 4. The second kappa shape index (κ2) is 19.7. The molecule has 4 amide bonds. The van der Waals surface area contributed by atoms with E-state index >= 15 is 0 Å². The number of benzene rings is 1. The summed E-state index contributed by atoms with van der Waals surface area (Å²) in [6, 6.07) is 8.39. The highest BCUT2D eigenvalue weighted by molar-refractivity contribution is 7.09. The Labute approximate surface area is 314 Å². The normalized spacial score (nSPS) is 19.1. The van der Waals surface area contributed by atoms with Crippen LogP contribution in [0.4, 0.5) is 0 Å².